The van der Waals surface area contributed by atoms with Crippen molar-refractivity contribution in [3.8, 4) is 17.0 Å². The van der Waals surface area contributed by atoms with Crippen molar-refractivity contribution in [1.82, 2.24) is 19.9 Å². The van der Waals surface area contributed by atoms with Gasteiger partial charge >= 0.3 is 0 Å². The third-order valence-corrected chi connectivity index (χ3v) is 6.85. The van der Waals surface area contributed by atoms with Crippen molar-refractivity contribution >= 4 is 50.1 Å². The average Bonchev–Trinajstić information content (AvgIpc) is 2.79. The van der Waals surface area contributed by atoms with E-state index in [1.807, 2.05) is 6.26 Å². The van der Waals surface area contributed by atoms with Gasteiger partial charge in [0.1, 0.15) is 0 Å². The number of pyridine rings is 2. The summed E-state index contributed by atoms with van der Waals surface area (Å²) < 4.78 is 48.7. The molecular weight excluding hydrogens is 489 g/mol. The lowest BCUT2D eigenvalue weighted by molar-refractivity contribution is 0.385. The molecule has 0 fully saturated rings. The lowest BCUT2D eigenvalue weighted by atomic mass is 10.0. The number of rotatable bonds is 6. The number of thioether (sulfide) groups is 1. The number of aryl methyl sites for hydroxylation is 1. The first-order valence-electron chi connectivity index (χ1n) is 9.43. The van der Waals surface area contributed by atoms with Crippen LogP contribution in [0.3, 0.4) is 0 Å². The molecule has 8 nitrogen and oxygen atoms in total. The van der Waals surface area contributed by atoms with E-state index in [0.717, 1.165) is 0 Å². The molecule has 0 bridgehead atoms. The van der Waals surface area contributed by atoms with Gasteiger partial charge in [-0.2, -0.15) is 0 Å². The fourth-order valence-electron chi connectivity index (χ4n) is 3.18. The highest BCUT2D eigenvalue weighted by atomic mass is 35.5. The van der Waals surface area contributed by atoms with Gasteiger partial charge in [0, 0.05) is 34.6 Å². The smallest absolute Gasteiger partial charge is 0.267 e. The summed E-state index contributed by atoms with van der Waals surface area (Å²) in [6.45, 7) is 1.73. The van der Waals surface area contributed by atoms with E-state index < -0.39 is 15.8 Å². The minimum Gasteiger partial charge on any atom is -0.480 e. The number of fused-ring (bicyclic) bond motifs is 1. The van der Waals surface area contributed by atoms with E-state index in [4.69, 9.17) is 16.3 Å². The van der Waals surface area contributed by atoms with Crippen molar-refractivity contribution in [2.24, 2.45) is 0 Å². The number of aromatic nitrogens is 4. The van der Waals surface area contributed by atoms with Crippen LogP contribution in [0.25, 0.3) is 22.2 Å². The Kier molecular flexibility index (Phi) is 6.37. The average molecular weight is 506 g/mol. The zero-order valence-electron chi connectivity index (χ0n) is 17.6. The van der Waals surface area contributed by atoms with Crippen molar-refractivity contribution in [2.75, 3.05) is 18.1 Å². The molecule has 0 spiro atoms. The molecule has 0 radical (unpaired) electrons. The molecule has 0 amide bonds. The van der Waals surface area contributed by atoms with Crippen LogP contribution < -0.4 is 9.46 Å². The molecule has 12 heteroatoms. The number of hydrogen-bond donors (Lipinski definition) is 1. The zero-order chi connectivity index (χ0) is 23.8. The fraction of sp³-hybridized carbons (Fsp3) is 0.143. The Labute approximate surface area is 198 Å². The summed E-state index contributed by atoms with van der Waals surface area (Å²) in [6.07, 6.45) is 4.73. The first-order valence-corrected chi connectivity index (χ1v) is 12.5. The molecule has 0 aliphatic heterocycles. The molecule has 1 aromatic carbocycles. The Balaban J connectivity index is 1.78. The number of nitrogens with one attached hydrogen (secondary N) is 1. The highest BCUT2D eigenvalue weighted by Crippen LogP contribution is 2.33. The fourth-order valence-corrected chi connectivity index (χ4v) is 4.94. The second-order valence-electron chi connectivity index (χ2n) is 6.82. The summed E-state index contributed by atoms with van der Waals surface area (Å²) in [5, 5.41) is 1.30. The predicted octanol–water partition coefficient (Wildman–Crippen LogP) is 4.72. The van der Waals surface area contributed by atoms with Gasteiger partial charge in [-0.05, 0) is 31.4 Å². The van der Waals surface area contributed by atoms with Crippen molar-refractivity contribution in [3.63, 3.8) is 0 Å². The molecule has 0 saturated carbocycles. The van der Waals surface area contributed by atoms with Crippen molar-refractivity contribution in [3.05, 3.63) is 59.3 Å². The molecule has 4 aromatic rings. The van der Waals surface area contributed by atoms with Crippen LogP contribution in [0.4, 0.5) is 10.1 Å². The second-order valence-corrected chi connectivity index (χ2v) is 9.69. The van der Waals surface area contributed by atoms with Crippen LogP contribution >= 0.6 is 23.4 Å². The number of hydrogen-bond acceptors (Lipinski definition) is 8. The topological polar surface area (TPSA) is 107 Å². The molecular formula is C21H17ClFN5O3S2. The molecule has 0 aliphatic carbocycles. The van der Waals surface area contributed by atoms with E-state index in [0.29, 0.717) is 27.4 Å². The van der Waals surface area contributed by atoms with Crippen molar-refractivity contribution < 1.29 is 17.5 Å². The maximum atomic E-state index is 15.5. The number of sulfonamides is 1. The van der Waals surface area contributed by atoms with Gasteiger partial charge in [-0.1, -0.05) is 35.5 Å². The zero-order valence-corrected chi connectivity index (χ0v) is 20.0. The Morgan fingerprint density at radius 2 is 1.91 bits per heavy atom. The van der Waals surface area contributed by atoms with Gasteiger partial charge in [0.15, 0.2) is 21.5 Å². The monoisotopic (exact) mass is 505 g/mol. The number of nitrogens with zero attached hydrogens (tertiary/aromatic N) is 4. The van der Waals surface area contributed by atoms with Crippen LogP contribution in [0.15, 0.2) is 52.8 Å². The summed E-state index contributed by atoms with van der Waals surface area (Å²) in [5.41, 5.74) is 1.44. The number of anilines is 1. The maximum absolute atomic E-state index is 15.5. The highest BCUT2D eigenvalue weighted by molar-refractivity contribution is 7.98. The van der Waals surface area contributed by atoms with Crippen LogP contribution in [0.5, 0.6) is 5.88 Å². The summed E-state index contributed by atoms with van der Waals surface area (Å²) in [7, 11) is -2.98. The third kappa shape index (κ3) is 4.56. The van der Waals surface area contributed by atoms with Crippen LogP contribution in [0.2, 0.25) is 5.02 Å². The maximum Gasteiger partial charge on any atom is 0.267 e. The minimum absolute atomic E-state index is 0.0927. The van der Waals surface area contributed by atoms with Gasteiger partial charge in [-0.3, -0.25) is 4.72 Å². The molecule has 0 atom stereocenters. The lowest BCUT2D eigenvalue weighted by Crippen LogP contribution is -2.16. The van der Waals surface area contributed by atoms with Gasteiger partial charge in [0.05, 0.1) is 17.8 Å². The predicted molar refractivity (Wildman–Crippen MR) is 126 cm³/mol. The SMILES string of the molecule is COc1ncc(Cl)cc1S(=O)(=O)Nc1cccc(-c2cc3cnc(SC)nc3nc2C)c1F. The molecule has 0 unspecified atom stereocenters. The first kappa shape index (κ1) is 23.1. The Morgan fingerprint density at radius 3 is 2.64 bits per heavy atom. The number of ether oxygens (including phenoxy) is 1. The van der Waals surface area contributed by atoms with Gasteiger partial charge < -0.3 is 4.74 Å². The van der Waals surface area contributed by atoms with Crippen LogP contribution in [0.1, 0.15) is 5.69 Å². The van der Waals surface area contributed by atoms with Gasteiger partial charge in [0.2, 0.25) is 5.88 Å². The van der Waals surface area contributed by atoms with Crippen molar-refractivity contribution in [1.29, 1.82) is 0 Å². The molecule has 1 N–H and O–H groups in total. The van der Waals surface area contributed by atoms with Gasteiger partial charge in [0.25, 0.3) is 10.0 Å². The van der Waals surface area contributed by atoms with E-state index in [2.05, 4.69) is 24.7 Å². The number of benzene rings is 1. The molecule has 4 rings (SSSR count). The lowest BCUT2D eigenvalue weighted by Gasteiger charge is -2.14. The number of methoxy groups -OCH3 is 1. The van der Waals surface area contributed by atoms with Crippen LogP contribution in [0, 0.1) is 12.7 Å². The third-order valence-electron chi connectivity index (χ3n) is 4.72. The second kappa shape index (κ2) is 9.08. The molecule has 0 saturated heterocycles. The molecule has 33 heavy (non-hydrogen) atoms. The quantitative estimate of drug-likeness (QED) is 0.296. The Bertz CT molecular complexity index is 1480. The van der Waals surface area contributed by atoms with E-state index >= 15 is 4.39 Å². The molecule has 3 aromatic heterocycles. The molecule has 3 heterocycles. The van der Waals surface area contributed by atoms with E-state index in [1.54, 1.807) is 31.3 Å². The van der Waals surface area contributed by atoms with E-state index in [-0.39, 0.29) is 27.0 Å². The van der Waals surface area contributed by atoms with E-state index in [9.17, 15) is 8.42 Å². The summed E-state index contributed by atoms with van der Waals surface area (Å²) in [4.78, 5) is 16.6. The standard InChI is InChI=1S/C21H17ClFN5O3S2/c1-11-15(7-12-9-25-21(32-3)27-19(12)26-11)14-5-4-6-16(18(14)23)28-33(29,30)17-8-13(22)10-24-20(17)31-2/h4-10,28H,1-3H3. The largest absolute Gasteiger partial charge is 0.480 e. The van der Waals surface area contributed by atoms with Crippen molar-refractivity contribution in [2.45, 2.75) is 17.0 Å². The van der Waals surface area contributed by atoms with Crippen LogP contribution in [-0.2, 0) is 10.0 Å². The Hall–Kier alpha value is -3.02. The summed E-state index contributed by atoms with van der Waals surface area (Å²) in [6, 6.07) is 7.31. The number of halogens is 2. The van der Waals surface area contributed by atoms with Gasteiger partial charge in [-0.15, -0.1) is 0 Å². The summed E-state index contributed by atoms with van der Waals surface area (Å²) >= 11 is 7.29. The first-order chi connectivity index (χ1) is 15.7. The normalized spacial score (nSPS) is 11.5. The van der Waals surface area contributed by atoms with Gasteiger partial charge in [-0.25, -0.2) is 32.7 Å². The van der Waals surface area contributed by atoms with Crippen LogP contribution in [-0.4, -0.2) is 41.7 Å². The minimum atomic E-state index is -4.25. The molecule has 0 aliphatic rings. The van der Waals surface area contributed by atoms with E-state index in [1.165, 1.54) is 37.2 Å². The highest BCUT2D eigenvalue weighted by Gasteiger charge is 2.24. The molecule has 170 valence electrons. The Morgan fingerprint density at radius 1 is 1.12 bits per heavy atom. The summed E-state index contributed by atoms with van der Waals surface area (Å²) in [5.74, 6) is -0.927.